The SMILES string of the molecule is CS(=O)(=O)c1cc(C(=O)NCc2cc3nc(Cl)ccc3cn2)ccc1Cl. The van der Waals surface area contributed by atoms with Crippen molar-refractivity contribution in [3.8, 4) is 0 Å². The van der Waals surface area contributed by atoms with E-state index in [1.807, 2.05) is 0 Å². The van der Waals surface area contributed by atoms with E-state index in [0.29, 0.717) is 16.4 Å². The van der Waals surface area contributed by atoms with Crippen LogP contribution in [0.2, 0.25) is 10.2 Å². The maximum Gasteiger partial charge on any atom is 0.251 e. The van der Waals surface area contributed by atoms with E-state index >= 15 is 0 Å². The fourth-order valence-electron chi connectivity index (χ4n) is 2.33. The van der Waals surface area contributed by atoms with Gasteiger partial charge in [0.2, 0.25) is 0 Å². The highest BCUT2D eigenvalue weighted by Gasteiger charge is 2.16. The summed E-state index contributed by atoms with van der Waals surface area (Å²) in [6.07, 6.45) is 2.68. The van der Waals surface area contributed by atoms with Crippen LogP contribution in [-0.2, 0) is 16.4 Å². The number of halogens is 2. The van der Waals surface area contributed by atoms with Crippen LogP contribution in [0.3, 0.4) is 0 Å². The van der Waals surface area contributed by atoms with Gasteiger partial charge in [-0.25, -0.2) is 13.4 Å². The third kappa shape index (κ3) is 4.12. The average molecular weight is 410 g/mol. The molecule has 0 aliphatic rings. The number of hydrogen-bond donors (Lipinski definition) is 1. The average Bonchev–Trinajstić information content (AvgIpc) is 2.58. The molecule has 1 amide bonds. The summed E-state index contributed by atoms with van der Waals surface area (Å²) in [6, 6.07) is 9.30. The Labute approximate surface area is 160 Å². The first-order chi connectivity index (χ1) is 12.2. The van der Waals surface area contributed by atoms with Crippen molar-refractivity contribution in [3.05, 3.63) is 64.0 Å². The van der Waals surface area contributed by atoms with E-state index in [-0.39, 0.29) is 22.0 Å². The minimum Gasteiger partial charge on any atom is -0.346 e. The summed E-state index contributed by atoms with van der Waals surface area (Å²) < 4.78 is 23.4. The molecule has 9 heteroatoms. The number of fused-ring (bicyclic) bond motifs is 1. The van der Waals surface area contributed by atoms with Gasteiger partial charge >= 0.3 is 0 Å². The van der Waals surface area contributed by atoms with Crippen molar-refractivity contribution >= 4 is 49.8 Å². The number of carbonyl (C=O) groups excluding carboxylic acids is 1. The van der Waals surface area contributed by atoms with Gasteiger partial charge in [-0.2, -0.15) is 0 Å². The van der Waals surface area contributed by atoms with Gasteiger partial charge in [0.15, 0.2) is 9.84 Å². The van der Waals surface area contributed by atoms with Crippen molar-refractivity contribution in [2.75, 3.05) is 6.26 Å². The molecule has 134 valence electrons. The lowest BCUT2D eigenvalue weighted by Crippen LogP contribution is -2.23. The first-order valence-corrected chi connectivity index (χ1v) is 10.1. The Morgan fingerprint density at radius 3 is 2.65 bits per heavy atom. The van der Waals surface area contributed by atoms with Crippen LogP contribution in [0.1, 0.15) is 16.1 Å². The van der Waals surface area contributed by atoms with Gasteiger partial charge in [0.05, 0.1) is 27.7 Å². The Hall–Kier alpha value is -2.22. The quantitative estimate of drug-likeness (QED) is 0.667. The molecule has 1 aromatic carbocycles. The van der Waals surface area contributed by atoms with Gasteiger partial charge < -0.3 is 5.32 Å². The zero-order valence-electron chi connectivity index (χ0n) is 13.5. The van der Waals surface area contributed by atoms with Crippen molar-refractivity contribution in [3.63, 3.8) is 0 Å². The summed E-state index contributed by atoms with van der Waals surface area (Å²) in [6.45, 7) is 0.153. The van der Waals surface area contributed by atoms with E-state index in [2.05, 4.69) is 15.3 Å². The van der Waals surface area contributed by atoms with Gasteiger partial charge in [-0.15, -0.1) is 0 Å². The lowest BCUT2D eigenvalue weighted by atomic mass is 10.2. The Balaban J connectivity index is 1.79. The van der Waals surface area contributed by atoms with Crippen molar-refractivity contribution in [2.24, 2.45) is 0 Å². The molecule has 2 heterocycles. The first-order valence-electron chi connectivity index (χ1n) is 7.43. The van der Waals surface area contributed by atoms with Crippen LogP contribution in [0.15, 0.2) is 47.5 Å². The molecule has 0 atom stereocenters. The molecule has 1 N–H and O–H groups in total. The minimum atomic E-state index is -3.53. The number of nitrogens with one attached hydrogen (secondary N) is 1. The molecular weight excluding hydrogens is 397 g/mol. The molecule has 0 radical (unpaired) electrons. The lowest BCUT2D eigenvalue weighted by Gasteiger charge is -2.08. The monoisotopic (exact) mass is 409 g/mol. The van der Waals surface area contributed by atoms with E-state index in [4.69, 9.17) is 23.2 Å². The van der Waals surface area contributed by atoms with Gasteiger partial charge in [-0.05, 0) is 36.4 Å². The van der Waals surface area contributed by atoms with Crippen LogP contribution in [0, 0.1) is 0 Å². The smallest absolute Gasteiger partial charge is 0.251 e. The molecule has 0 aliphatic carbocycles. The van der Waals surface area contributed by atoms with Crippen molar-refractivity contribution in [1.82, 2.24) is 15.3 Å². The van der Waals surface area contributed by atoms with Crippen LogP contribution in [0.5, 0.6) is 0 Å². The number of nitrogens with zero attached hydrogens (tertiary/aromatic N) is 2. The Morgan fingerprint density at radius 1 is 1.15 bits per heavy atom. The predicted molar refractivity (Wildman–Crippen MR) is 100 cm³/mol. The molecular formula is C17H13Cl2N3O3S. The summed E-state index contributed by atoms with van der Waals surface area (Å²) in [7, 11) is -3.53. The molecule has 3 aromatic rings. The summed E-state index contributed by atoms with van der Waals surface area (Å²) in [4.78, 5) is 20.7. The molecule has 0 fully saturated rings. The van der Waals surface area contributed by atoms with Gasteiger partial charge in [0.25, 0.3) is 5.91 Å². The fourth-order valence-corrected chi connectivity index (χ4v) is 3.79. The molecule has 0 unspecified atom stereocenters. The van der Waals surface area contributed by atoms with Gasteiger partial charge in [-0.3, -0.25) is 9.78 Å². The Morgan fingerprint density at radius 2 is 1.92 bits per heavy atom. The molecule has 3 rings (SSSR count). The first kappa shape index (κ1) is 18.6. The third-order valence-electron chi connectivity index (χ3n) is 3.62. The van der Waals surface area contributed by atoms with Crippen molar-refractivity contribution in [2.45, 2.75) is 11.4 Å². The molecule has 6 nitrogen and oxygen atoms in total. The maximum atomic E-state index is 12.3. The topological polar surface area (TPSA) is 89.0 Å². The summed E-state index contributed by atoms with van der Waals surface area (Å²) >= 11 is 11.8. The molecule has 0 spiro atoms. The highest BCUT2D eigenvalue weighted by molar-refractivity contribution is 7.90. The van der Waals surface area contributed by atoms with E-state index in [1.165, 1.54) is 18.2 Å². The van der Waals surface area contributed by atoms with Crippen LogP contribution < -0.4 is 5.32 Å². The van der Waals surface area contributed by atoms with Crippen molar-refractivity contribution < 1.29 is 13.2 Å². The third-order valence-corrected chi connectivity index (χ3v) is 5.41. The molecule has 0 saturated carbocycles. The van der Waals surface area contributed by atoms with Crippen LogP contribution in [0.4, 0.5) is 0 Å². The molecule has 26 heavy (non-hydrogen) atoms. The normalized spacial score (nSPS) is 11.5. The van der Waals surface area contributed by atoms with Gasteiger partial charge in [-0.1, -0.05) is 23.2 Å². The highest BCUT2D eigenvalue weighted by atomic mass is 35.5. The number of sulfone groups is 1. The number of pyridine rings is 2. The van der Waals surface area contributed by atoms with E-state index in [0.717, 1.165) is 11.6 Å². The highest BCUT2D eigenvalue weighted by Crippen LogP contribution is 2.22. The summed E-state index contributed by atoms with van der Waals surface area (Å²) in [5.41, 5.74) is 1.46. The summed E-state index contributed by atoms with van der Waals surface area (Å²) in [5.74, 6) is -0.437. The molecule has 0 saturated heterocycles. The van der Waals surface area contributed by atoms with Crippen molar-refractivity contribution in [1.29, 1.82) is 0 Å². The van der Waals surface area contributed by atoms with Crippen LogP contribution in [0.25, 0.3) is 10.9 Å². The number of rotatable bonds is 4. The largest absolute Gasteiger partial charge is 0.346 e. The standard InChI is InChI=1S/C17H13Cl2N3O3S/c1-26(24,25)15-6-10(2-4-13(15)18)17(23)21-9-12-7-14-11(8-20-12)3-5-16(19)22-14/h2-8H,9H2,1H3,(H,21,23). The number of carbonyl (C=O) groups is 1. The Kier molecular flexibility index (Phi) is 5.13. The van der Waals surface area contributed by atoms with Crippen LogP contribution >= 0.6 is 23.2 Å². The maximum absolute atomic E-state index is 12.3. The van der Waals surface area contributed by atoms with E-state index in [9.17, 15) is 13.2 Å². The Bertz CT molecular complexity index is 1120. The second-order valence-electron chi connectivity index (χ2n) is 5.60. The predicted octanol–water partition coefficient (Wildman–Crippen LogP) is 3.27. The number of benzene rings is 1. The number of amides is 1. The van der Waals surface area contributed by atoms with Gasteiger partial charge in [0.1, 0.15) is 5.15 Å². The van der Waals surface area contributed by atoms with E-state index < -0.39 is 15.7 Å². The molecule has 0 bridgehead atoms. The zero-order chi connectivity index (χ0) is 18.9. The minimum absolute atomic E-state index is 0.0724. The number of hydrogen-bond acceptors (Lipinski definition) is 5. The molecule has 0 aliphatic heterocycles. The summed E-state index contributed by atoms with van der Waals surface area (Å²) in [5, 5.41) is 3.97. The van der Waals surface area contributed by atoms with Crippen LogP contribution in [-0.4, -0.2) is 30.5 Å². The number of aromatic nitrogens is 2. The van der Waals surface area contributed by atoms with E-state index in [1.54, 1.807) is 24.4 Å². The second kappa shape index (κ2) is 7.19. The zero-order valence-corrected chi connectivity index (χ0v) is 15.9. The lowest BCUT2D eigenvalue weighted by molar-refractivity contribution is 0.0950. The second-order valence-corrected chi connectivity index (χ2v) is 8.38. The van der Waals surface area contributed by atoms with Gasteiger partial charge in [0, 0.05) is 23.4 Å². The molecule has 2 aromatic heterocycles. The fraction of sp³-hybridized carbons (Fsp3) is 0.118.